The Morgan fingerprint density at radius 2 is 2.00 bits per heavy atom. The smallest absolute Gasteiger partial charge is 0.335 e. The van der Waals surface area contributed by atoms with E-state index in [0.29, 0.717) is 5.90 Å². The van der Waals surface area contributed by atoms with Gasteiger partial charge in [0, 0.05) is 15.3 Å². The maximum atomic E-state index is 12.0. The van der Waals surface area contributed by atoms with Gasteiger partial charge in [-0.2, -0.15) is 0 Å². The predicted molar refractivity (Wildman–Crippen MR) is 81.7 cm³/mol. The minimum absolute atomic E-state index is 0.378. The SMILES string of the molecule is COC(=O)C1N=C(c2ccccc2)OC1c1ccc(C)s1. The summed E-state index contributed by atoms with van der Waals surface area (Å²) in [6, 6.07) is 12.9. The molecule has 1 aliphatic rings. The van der Waals surface area contributed by atoms with Gasteiger partial charge in [-0.05, 0) is 31.2 Å². The number of rotatable bonds is 3. The first-order valence-corrected chi connectivity index (χ1v) is 7.44. The van der Waals surface area contributed by atoms with Crippen LogP contribution < -0.4 is 0 Å². The number of hydrogen-bond acceptors (Lipinski definition) is 5. The molecule has 1 aromatic carbocycles. The molecule has 0 saturated carbocycles. The first kappa shape index (κ1) is 13.8. The number of hydrogen-bond donors (Lipinski definition) is 0. The Balaban J connectivity index is 1.94. The molecule has 5 heteroatoms. The van der Waals surface area contributed by atoms with E-state index in [1.807, 2.05) is 49.4 Å². The van der Waals surface area contributed by atoms with Crippen molar-refractivity contribution in [3.05, 3.63) is 57.8 Å². The lowest BCUT2D eigenvalue weighted by Crippen LogP contribution is -2.24. The van der Waals surface area contributed by atoms with Crippen molar-refractivity contribution in [1.82, 2.24) is 0 Å². The van der Waals surface area contributed by atoms with Crippen molar-refractivity contribution in [3.8, 4) is 0 Å². The average Bonchev–Trinajstić information content (AvgIpc) is 3.13. The van der Waals surface area contributed by atoms with Gasteiger partial charge >= 0.3 is 5.97 Å². The third kappa shape index (κ3) is 2.69. The van der Waals surface area contributed by atoms with Crippen molar-refractivity contribution < 1.29 is 14.3 Å². The lowest BCUT2D eigenvalue weighted by atomic mass is 10.1. The van der Waals surface area contributed by atoms with E-state index in [1.54, 1.807) is 11.3 Å². The van der Waals surface area contributed by atoms with Crippen molar-refractivity contribution in [2.24, 2.45) is 4.99 Å². The third-order valence-corrected chi connectivity index (χ3v) is 4.35. The summed E-state index contributed by atoms with van der Waals surface area (Å²) in [5, 5.41) is 0. The van der Waals surface area contributed by atoms with E-state index in [2.05, 4.69) is 4.99 Å². The number of ether oxygens (including phenoxy) is 2. The highest BCUT2D eigenvalue weighted by atomic mass is 32.1. The van der Waals surface area contributed by atoms with Gasteiger partial charge in [0.15, 0.2) is 12.1 Å². The summed E-state index contributed by atoms with van der Waals surface area (Å²) in [5.41, 5.74) is 0.863. The number of esters is 1. The van der Waals surface area contributed by atoms with E-state index in [4.69, 9.17) is 9.47 Å². The van der Waals surface area contributed by atoms with E-state index >= 15 is 0 Å². The molecule has 0 bridgehead atoms. The van der Waals surface area contributed by atoms with Crippen molar-refractivity contribution in [1.29, 1.82) is 0 Å². The number of carbonyl (C=O) groups is 1. The van der Waals surface area contributed by atoms with Gasteiger partial charge in [0.25, 0.3) is 0 Å². The topological polar surface area (TPSA) is 47.9 Å². The van der Waals surface area contributed by atoms with E-state index in [9.17, 15) is 4.79 Å². The van der Waals surface area contributed by atoms with Gasteiger partial charge in [-0.25, -0.2) is 9.79 Å². The molecule has 1 aliphatic heterocycles. The van der Waals surface area contributed by atoms with E-state index in [1.165, 1.54) is 12.0 Å². The Bertz CT molecular complexity index is 678. The number of carbonyl (C=O) groups excluding carboxylic acids is 1. The van der Waals surface area contributed by atoms with Crippen LogP contribution in [0.1, 0.15) is 21.4 Å². The molecule has 0 fully saturated rings. The number of aliphatic imine (C=N–C) groups is 1. The molecule has 0 amide bonds. The Morgan fingerprint density at radius 1 is 1.24 bits per heavy atom. The average molecular weight is 301 g/mol. The monoisotopic (exact) mass is 301 g/mol. The minimum Gasteiger partial charge on any atom is -0.467 e. The van der Waals surface area contributed by atoms with Crippen molar-refractivity contribution in [3.63, 3.8) is 0 Å². The number of benzene rings is 1. The van der Waals surface area contributed by atoms with Gasteiger partial charge in [-0.1, -0.05) is 18.2 Å². The van der Waals surface area contributed by atoms with Crippen LogP contribution in [0, 0.1) is 6.92 Å². The molecule has 0 aliphatic carbocycles. The van der Waals surface area contributed by atoms with Crippen LogP contribution in [-0.2, 0) is 14.3 Å². The molecule has 4 nitrogen and oxygen atoms in total. The second kappa shape index (κ2) is 5.69. The Kier molecular flexibility index (Phi) is 3.75. The van der Waals surface area contributed by atoms with Crippen LogP contribution in [0.4, 0.5) is 0 Å². The van der Waals surface area contributed by atoms with E-state index in [-0.39, 0.29) is 5.97 Å². The summed E-state index contributed by atoms with van der Waals surface area (Å²) in [5.74, 6) is 0.110. The third-order valence-electron chi connectivity index (χ3n) is 3.29. The molecule has 2 aromatic rings. The molecule has 1 aromatic heterocycles. The van der Waals surface area contributed by atoms with Crippen molar-refractivity contribution >= 4 is 23.2 Å². The number of nitrogens with zero attached hydrogens (tertiary/aromatic N) is 1. The Labute approximate surface area is 127 Å². The zero-order chi connectivity index (χ0) is 14.8. The zero-order valence-corrected chi connectivity index (χ0v) is 12.6. The lowest BCUT2D eigenvalue weighted by Gasteiger charge is -2.14. The van der Waals surface area contributed by atoms with Crippen molar-refractivity contribution in [2.75, 3.05) is 7.11 Å². The fourth-order valence-corrected chi connectivity index (χ4v) is 3.19. The molecule has 0 radical (unpaired) electrons. The molecule has 2 heterocycles. The van der Waals surface area contributed by atoms with E-state index < -0.39 is 12.1 Å². The highest BCUT2D eigenvalue weighted by molar-refractivity contribution is 7.12. The summed E-state index contributed by atoms with van der Waals surface area (Å²) in [7, 11) is 1.37. The minimum atomic E-state index is -0.650. The van der Waals surface area contributed by atoms with Crippen LogP contribution in [-0.4, -0.2) is 25.0 Å². The number of thiophene rings is 1. The Hall–Kier alpha value is -2.14. The fraction of sp³-hybridized carbons (Fsp3) is 0.250. The molecule has 0 saturated heterocycles. The first-order valence-electron chi connectivity index (χ1n) is 6.63. The predicted octanol–water partition coefficient (Wildman–Crippen LogP) is 3.12. The fourth-order valence-electron chi connectivity index (χ4n) is 2.25. The van der Waals surface area contributed by atoms with Crippen LogP contribution in [0.3, 0.4) is 0 Å². The maximum absolute atomic E-state index is 12.0. The number of methoxy groups -OCH3 is 1. The molecular weight excluding hydrogens is 286 g/mol. The van der Waals surface area contributed by atoms with Crippen LogP contribution in [0.15, 0.2) is 47.5 Å². The first-order chi connectivity index (χ1) is 10.2. The highest BCUT2D eigenvalue weighted by Crippen LogP contribution is 2.35. The maximum Gasteiger partial charge on any atom is 0.335 e. The summed E-state index contributed by atoms with van der Waals surface area (Å²) in [6.45, 7) is 2.02. The van der Waals surface area contributed by atoms with Gasteiger partial charge < -0.3 is 9.47 Å². The standard InChI is InChI=1S/C16H15NO3S/c1-10-8-9-12(21-10)14-13(16(18)19-2)17-15(20-14)11-6-4-3-5-7-11/h3-9,13-14H,1-2H3. The largest absolute Gasteiger partial charge is 0.467 e. The summed E-state index contributed by atoms with van der Waals surface area (Å²) >= 11 is 1.61. The van der Waals surface area contributed by atoms with Crippen molar-refractivity contribution in [2.45, 2.75) is 19.1 Å². The van der Waals surface area contributed by atoms with Crippen LogP contribution in [0.5, 0.6) is 0 Å². The lowest BCUT2D eigenvalue weighted by molar-refractivity contribution is -0.143. The normalized spacial score (nSPS) is 20.8. The van der Waals surface area contributed by atoms with Gasteiger partial charge in [0.1, 0.15) is 0 Å². The van der Waals surface area contributed by atoms with E-state index in [0.717, 1.165) is 10.4 Å². The molecule has 2 atom stereocenters. The van der Waals surface area contributed by atoms with Gasteiger partial charge in [-0.15, -0.1) is 11.3 Å². The summed E-state index contributed by atoms with van der Waals surface area (Å²) in [6.07, 6.45) is -0.411. The second-order valence-corrected chi connectivity index (χ2v) is 6.07. The summed E-state index contributed by atoms with van der Waals surface area (Å²) < 4.78 is 10.8. The molecule has 0 N–H and O–H groups in total. The molecule has 2 unspecified atom stereocenters. The summed E-state index contributed by atoms with van der Waals surface area (Å²) in [4.78, 5) is 18.6. The van der Waals surface area contributed by atoms with Gasteiger partial charge in [-0.3, -0.25) is 0 Å². The molecule has 21 heavy (non-hydrogen) atoms. The molecule has 3 rings (SSSR count). The molecular formula is C16H15NO3S. The molecule has 0 spiro atoms. The Morgan fingerprint density at radius 3 is 2.62 bits per heavy atom. The zero-order valence-electron chi connectivity index (χ0n) is 11.8. The van der Waals surface area contributed by atoms with Crippen LogP contribution >= 0.6 is 11.3 Å². The molecule has 108 valence electrons. The second-order valence-electron chi connectivity index (χ2n) is 4.76. The van der Waals surface area contributed by atoms with Crippen LogP contribution in [0.25, 0.3) is 0 Å². The number of aryl methyl sites for hydroxylation is 1. The van der Waals surface area contributed by atoms with Gasteiger partial charge in [0.2, 0.25) is 5.90 Å². The van der Waals surface area contributed by atoms with Gasteiger partial charge in [0.05, 0.1) is 7.11 Å². The highest BCUT2D eigenvalue weighted by Gasteiger charge is 2.39. The van der Waals surface area contributed by atoms with Crippen LogP contribution in [0.2, 0.25) is 0 Å². The quantitative estimate of drug-likeness (QED) is 0.818.